The van der Waals surface area contributed by atoms with Crippen molar-refractivity contribution in [1.29, 1.82) is 0 Å². The number of benzene rings is 2. The molecule has 2 aromatic carbocycles. The maximum atomic E-state index is 13.9. The van der Waals surface area contributed by atoms with Gasteiger partial charge in [-0.25, -0.2) is 18.4 Å². The molecule has 1 atom stereocenters. The van der Waals surface area contributed by atoms with Gasteiger partial charge in [0.15, 0.2) is 5.78 Å². The molecule has 0 amide bonds. The molecule has 0 bridgehead atoms. The number of nitrogens with zero attached hydrogens (tertiary/aromatic N) is 1. The summed E-state index contributed by atoms with van der Waals surface area (Å²) in [6, 6.07) is 7.24. The molecule has 3 aliphatic rings. The average molecular weight is 813 g/mol. The molecule has 0 radical (unpaired) electrons. The number of aldehydes is 1. The molecule has 0 aromatic heterocycles. The van der Waals surface area contributed by atoms with E-state index < -0.39 is 29.7 Å². The first kappa shape index (κ1) is 46.1. The van der Waals surface area contributed by atoms with Crippen molar-refractivity contribution in [1.82, 2.24) is 10.2 Å². The molecule has 9 nitrogen and oxygen atoms in total. The van der Waals surface area contributed by atoms with Gasteiger partial charge in [0.25, 0.3) is 6.43 Å². The first-order valence-electron chi connectivity index (χ1n) is 20.5. The Hall–Kier alpha value is -5.58. The lowest BCUT2D eigenvalue weighted by atomic mass is 9.68. The van der Waals surface area contributed by atoms with Gasteiger partial charge < -0.3 is 25.2 Å². The second kappa shape index (κ2) is 22.0. The number of methoxy groups -OCH3 is 1. The van der Waals surface area contributed by atoms with Crippen molar-refractivity contribution in [2.75, 3.05) is 14.2 Å². The lowest BCUT2D eigenvalue weighted by Crippen LogP contribution is -2.54. The van der Waals surface area contributed by atoms with Crippen LogP contribution in [-0.4, -0.2) is 58.8 Å². The van der Waals surface area contributed by atoms with Crippen LogP contribution in [0.25, 0.3) is 17.3 Å². The number of rotatable bonds is 19. The fraction of sp³-hybridized carbons (Fsp3) is 0.417. The molecule has 59 heavy (non-hydrogen) atoms. The minimum Gasteiger partial charge on any atom is -0.496 e. The molecule has 11 heteroatoms. The number of carboxylic acid groups (broad SMARTS) is 2. The number of halogens is 2. The Balaban J connectivity index is 0.000000261. The van der Waals surface area contributed by atoms with Gasteiger partial charge in [0.1, 0.15) is 17.6 Å². The Kier molecular flexibility index (Phi) is 17.2. The van der Waals surface area contributed by atoms with Crippen LogP contribution in [0.1, 0.15) is 124 Å². The van der Waals surface area contributed by atoms with E-state index in [1.165, 1.54) is 60.9 Å². The van der Waals surface area contributed by atoms with Crippen molar-refractivity contribution in [3.8, 4) is 5.75 Å². The molecule has 1 aliphatic heterocycles. The van der Waals surface area contributed by atoms with Crippen LogP contribution < -0.4 is 10.1 Å². The van der Waals surface area contributed by atoms with Gasteiger partial charge in [0, 0.05) is 48.3 Å². The minimum absolute atomic E-state index is 0.137. The van der Waals surface area contributed by atoms with Crippen molar-refractivity contribution >= 4 is 41.4 Å². The topological polar surface area (TPSA) is 133 Å². The van der Waals surface area contributed by atoms with Crippen LogP contribution in [0.15, 0.2) is 78.7 Å². The third-order valence-corrected chi connectivity index (χ3v) is 11.3. The highest BCUT2D eigenvalue weighted by atomic mass is 19.3. The van der Waals surface area contributed by atoms with Crippen LogP contribution in [0.2, 0.25) is 0 Å². The lowest BCUT2D eigenvalue weighted by molar-refractivity contribution is -0.134. The van der Waals surface area contributed by atoms with Crippen LogP contribution in [0, 0.1) is 5.92 Å². The Morgan fingerprint density at radius 2 is 1.80 bits per heavy atom. The van der Waals surface area contributed by atoms with E-state index in [-0.39, 0.29) is 17.0 Å². The fourth-order valence-electron chi connectivity index (χ4n) is 7.88. The van der Waals surface area contributed by atoms with Crippen LogP contribution in [-0.2, 0) is 38.4 Å². The average Bonchev–Trinajstić information content (AvgIpc) is 3.74. The molecule has 1 unspecified atom stereocenters. The van der Waals surface area contributed by atoms with Crippen molar-refractivity contribution < 1.29 is 42.9 Å². The number of hydrogen-bond donors (Lipinski definition) is 3. The van der Waals surface area contributed by atoms with E-state index in [1.807, 2.05) is 43.0 Å². The van der Waals surface area contributed by atoms with Gasteiger partial charge in [0.05, 0.1) is 12.8 Å². The number of unbranched alkanes of at least 4 members (excludes halogenated alkanes) is 3. The molecule has 1 spiro atoms. The van der Waals surface area contributed by atoms with E-state index in [9.17, 15) is 38.2 Å². The third-order valence-electron chi connectivity index (χ3n) is 11.3. The normalized spacial score (nSPS) is 16.8. The summed E-state index contributed by atoms with van der Waals surface area (Å²) < 4.78 is 33.4. The van der Waals surface area contributed by atoms with Crippen molar-refractivity contribution in [3.63, 3.8) is 0 Å². The molecule has 0 saturated heterocycles. The Labute approximate surface area is 346 Å². The summed E-state index contributed by atoms with van der Waals surface area (Å²) >= 11 is 0. The summed E-state index contributed by atoms with van der Waals surface area (Å²) in [5, 5.41) is 21.7. The van der Waals surface area contributed by atoms with Crippen LogP contribution in [0.3, 0.4) is 0 Å². The number of hydrogen-bond acceptors (Lipinski definition) is 7. The number of aliphatic carboxylic acids is 2. The molecular weight excluding hydrogens is 755 g/mol. The Morgan fingerprint density at radius 1 is 1.03 bits per heavy atom. The van der Waals surface area contributed by atoms with Crippen molar-refractivity contribution in [2.45, 2.75) is 110 Å². The molecule has 1 heterocycles. The number of ketones is 1. The Bertz CT molecular complexity index is 2040. The van der Waals surface area contributed by atoms with Gasteiger partial charge in [-0.2, -0.15) is 0 Å². The molecule has 2 aromatic rings. The molecule has 5 rings (SSSR count). The molecular formula is C48H58F2N2O7. The van der Waals surface area contributed by atoms with Gasteiger partial charge in [0.2, 0.25) is 0 Å². The van der Waals surface area contributed by atoms with Crippen LogP contribution in [0.5, 0.6) is 5.75 Å². The highest BCUT2D eigenvalue weighted by Gasteiger charge is 2.46. The third kappa shape index (κ3) is 11.8. The molecule has 1 fully saturated rings. The fourth-order valence-corrected chi connectivity index (χ4v) is 7.88. The van der Waals surface area contributed by atoms with E-state index in [2.05, 4.69) is 18.3 Å². The highest BCUT2D eigenvalue weighted by molar-refractivity contribution is 6.24. The number of alkyl halides is 2. The predicted molar refractivity (Wildman–Crippen MR) is 229 cm³/mol. The number of nitrogens with one attached hydrogen (secondary N) is 1. The number of aryl methyl sites for hydroxylation is 1. The standard InChI is InChI=1S/C24H27F2NO3.C24H31NO4/c1-4-15(2)11-17-12-19(16-7-5-6-8-16)20(23(25)26)13-18(17)14-21(24(29)30)22(28)9-10-27-3;1-3-4-5-6-9-18-14-19-17-24(10-7-11-24)25(12-8-13-26)21(16-23(27)28)20(19)15-22(18)29-2/h5,7-10,12-15,23,27H,4,6,11H2,1-3H3,(H,29,30);8,12-16H,3-7,9-11,17H2,1-2H3,(H,27,28)/b10-9-,21-14+;12-8+,21-16-. The second-order valence-electron chi connectivity index (χ2n) is 15.4. The van der Waals surface area contributed by atoms with Crippen molar-refractivity contribution in [3.05, 3.63) is 118 Å². The summed E-state index contributed by atoms with van der Waals surface area (Å²) in [4.78, 5) is 48.5. The van der Waals surface area contributed by atoms with E-state index in [1.54, 1.807) is 26.4 Å². The first-order valence-corrected chi connectivity index (χ1v) is 20.5. The van der Waals surface area contributed by atoms with Crippen molar-refractivity contribution in [2.24, 2.45) is 5.92 Å². The first-order chi connectivity index (χ1) is 28.3. The van der Waals surface area contributed by atoms with E-state index >= 15 is 0 Å². The number of carboxylic acids is 2. The van der Waals surface area contributed by atoms with Gasteiger partial charge in [-0.15, -0.1) is 0 Å². The van der Waals surface area contributed by atoms with E-state index in [0.717, 1.165) is 79.8 Å². The van der Waals surface area contributed by atoms with Gasteiger partial charge in [-0.1, -0.05) is 76.8 Å². The summed E-state index contributed by atoms with van der Waals surface area (Å²) in [6.07, 6.45) is 23.5. The smallest absolute Gasteiger partial charge is 0.339 e. The Morgan fingerprint density at radius 3 is 2.36 bits per heavy atom. The van der Waals surface area contributed by atoms with Gasteiger partial charge >= 0.3 is 11.9 Å². The summed E-state index contributed by atoms with van der Waals surface area (Å²) in [6.45, 7) is 6.28. The van der Waals surface area contributed by atoms with E-state index in [0.29, 0.717) is 29.7 Å². The number of allylic oxidation sites excluding steroid dienone is 6. The zero-order chi connectivity index (χ0) is 43.1. The number of carbonyl (C=O) groups is 4. The zero-order valence-corrected chi connectivity index (χ0v) is 34.9. The van der Waals surface area contributed by atoms with Gasteiger partial charge in [-0.3, -0.25) is 9.59 Å². The largest absolute Gasteiger partial charge is 0.496 e. The molecule has 2 aliphatic carbocycles. The summed E-state index contributed by atoms with van der Waals surface area (Å²) in [5.74, 6) is -2.03. The quantitative estimate of drug-likeness (QED) is 0.0417. The lowest BCUT2D eigenvalue weighted by Gasteiger charge is -2.54. The second-order valence-corrected chi connectivity index (χ2v) is 15.4. The highest BCUT2D eigenvalue weighted by Crippen LogP contribution is 2.50. The SMILES string of the molecule is CCC(C)Cc1cc(C2=CCC=C2)c(C(F)F)cc1/C=C(/C(=O)O)C(=O)/C=C\NC.CCCCCCc1cc2c(cc1OC)/C(=C/C(=O)O)N(/C=C/C=O)C1(CCC1)C2. The molecule has 3 N–H and O–H groups in total. The zero-order valence-electron chi connectivity index (χ0n) is 34.9. The maximum Gasteiger partial charge on any atom is 0.339 e. The number of carbonyl (C=O) groups excluding carboxylic acids is 2. The maximum absolute atomic E-state index is 13.9. The minimum atomic E-state index is -2.73. The molecule has 1 saturated carbocycles. The summed E-state index contributed by atoms with van der Waals surface area (Å²) in [7, 11) is 3.25. The van der Waals surface area contributed by atoms with Gasteiger partial charge in [-0.05, 0) is 115 Å². The predicted octanol–water partition coefficient (Wildman–Crippen LogP) is 10.1. The summed E-state index contributed by atoms with van der Waals surface area (Å²) in [5.41, 5.74) is 5.38. The van der Waals surface area contributed by atoms with Crippen LogP contribution >= 0.6 is 0 Å². The van der Waals surface area contributed by atoms with Crippen LogP contribution in [0.4, 0.5) is 8.78 Å². The number of ether oxygens (including phenoxy) is 1. The van der Waals surface area contributed by atoms with E-state index in [4.69, 9.17) is 4.74 Å². The number of fused-ring (bicyclic) bond motifs is 1. The monoisotopic (exact) mass is 812 g/mol. The molecule has 316 valence electrons.